The summed E-state index contributed by atoms with van der Waals surface area (Å²) in [6.07, 6.45) is 1.98. The molecule has 96 valence electrons. The summed E-state index contributed by atoms with van der Waals surface area (Å²) in [4.78, 5) is 16.4. The fourth-order valence-corrected chi connectivity index (χ4v) is 2.88. The first-order chi connectivity index (χ1) is 8.74. The standard InChI is InChI=1S/C14H19N3O/c15-12-6-7-16(9-12)10-14(18)17-8-5-11-3-1-2-4-13(11)17/h1-4,12H,5-10,15H2/t12-/m0/s1. The number of amides is 1. The Morgan fingerprint density at radius 2 is 2.17 bits per heavy atom. The molecule has 0 radical (unpaired) electrons. The molecule has 1 aromatic carbocycles. The molecule has 0 aromatic heterocycles. The average molecular weight is 245 g/mol. The predicted molar refractivity (Wildman–Crippen MR) is 71.5 cm³/mol. The lowest BCUT2D eigenvalue weighted by molar-refractivity contribution is -0.119. The Hall–Kier alpha value is -1.39. The summed E-state index contributed by atoms with van der Waals surface area (Å²) in [6, 6.07) is 8.41. The highest BCUT2D eigenvalue weighted by Crippen LogP contribution is 2.27. The van der Waals surface area contributed by atoms with Crippen LogP contribution in [0.1, 0.15) is 12.0 Å². The quantitative estimate of drug-likeness (QED) is 0.830. The molecule has 3 rings (SSSR count). The van der Waals surface area contributed by atoms with Crippen LogP contribution in [-0.2, 0) is 11.2 Å². The molecule has 2 aliphatic heterocycles. The van der Waals surface area contributed by atoms with Gasteiger partial charge in [0.05, 0.1) is 6.54 Å². The van der Waals surface area contributed by atoms with Gasteiger partial charge in [0.1, 0.15) is 0 Å². The number of likely N-dealkylation sites (tertiary alicyclic amines) is 1. The largest absolute Gasteiger partial charge is 0.326 e. The highest BCUT2D eigenvalue weighted by Gasteiger charge is 2.27. The van der Waals surface area contributed by atoms with Crippen LogP contribution in [0.4, 0.5) is 5.69 Å². The van der Waals surface area contributed by atoms with Crippen molar-refractivity contribution in [3.63, 3.8) is 0 Å². The molecule has 0 bridgehead atoms. The minimum atomic E-state index is 0.203. The summed E-state index contributed by atoms with van der Waals surface area (Å²) in [5, 5.41) is 0. The van der Waals surface area contributed by atoms with E-state index in [-0.39, 0.29) is 11.9 Å². The maximum atomic E-state index is 12.3. The molecule has 0 saturated carbocycles. The van der Waals surface area contributed by atoms with Crippen molar-refractivity contribution in [1.29, 1.82) is 0 Å². The summed E-state index contributed by atoms with van der Waals surface area (Å²) < 4.78 is 0. The molecule has 2 N–H and O–H groups in total. The van der Waals surface area contributed by atoms with E-state index in [2.05, 4.69) is 11.0 Å². The lowest BCUT2D eigenvalue weighted by Crippen LogP contribution is -2.39. The molecule has 1 atom stereocenters. The van der Waals surface area contributed by atoms with Crippen LogP contribution >= 0.6 is 0 Å². The van der Waals surface area contributed by atoms with Crippen LogP contribution in [0.25, 0.3) is 0 Å². The van der Waals surface area contributed by atoms with Gasteiger partial charge in [-0.05, 0) is 24.5 Å². The Morgan fingerprint density at radius 3 is 2.94 bits per heavy atom. The summed E-state index contributed by atoms with van der Waals surface area (Å²) in [5.41, 5.74) is 8.23. The maximum absolute atomic E-state index is 12.3. The van der Waals surface area contributed by atoms with E-state index in [0.717, 1.165) is 38.2 Å². The van der Waals surface area contributed by atoms with Gasteiger partial charge in [-0.2, -0.15) is 0 Å². The second-order valence-electron chi connectivity index (χ2n) is 5.21. The van der Waals surface area contributed by atoms with Gasteiger partial charge in [0, 0.05) is 31.4 Å². The molecule has 0 unspecified atom stereocenters. The number of anilines is 1. The third kappa shape index (κ3) is 2.13. The molecular weight excluding hydrogens is 226 g/mol. The Labute approximate surface area is 107 Å². The van der Waals surface area contributed by atoms with E-state index in [9.17, 15) is 4.79 Å². The number of nitrogens with zero attached hydrogens (tertiary/aromatic N) is 2. The van der Waals surface area contributed by atoms with E-state index >= 15 is 0 Å². The van der Waals surface area contributed by atoms with Crippen molar-refractivity contribution in [2.45, 2.75) is 18.9 Å². The monoisotopic (exact) mass is 245 g/mol. The predicted octanol–water partition coefficient (Wildman–Crippen LogP) is 0.609. The number of para-hydroxylation sites is 1. The van der Waals surface area contributed by atoms with Crippen LogP contribution in [0.2, 0.25) is 0 Å². The minimum Gasteiger partial charge on any atom is -0.326 e. The number of hydrogen-bond acceptors (Lipinski definition) is 3. The van der Waals surface area contributed by atoms with Gasteiger partial charge in [0.25, 0.3) is 0 Å². The van der Waals surface area contributed by atoms with Crippen LogP contribution in [0.5, 0.6) is 0 Å². The lowest BCUT2D eigenvalue weighted by atomic mass is 10.2. The van der Waals surface area contributed by atoms with Gasteiger partial charge in [-0.15, -0.1) is 0 Å². The molecule has 1 amide bonds. The lowest BCUT2D eigenvalue weighted by Gasteiger charge is -2.21. The van der Waals surface area contributed by atoms with E-state index in [1.807, 2.05) is 23.1 Å². The van der Waals surface area contributed by atoms with Crippen molar-refractivity contribution in [2.24, 2.45) is 5.73 Å². The summed E-state index contributed by atoms with van der Waals surface area (Å²) in [6.45, 7) is 3.11. The van der Waals surface area contributed by atoms with Gasteiger partial charge in [0.15, 0.2) is 0 Å². The van der Waals surface area contributed by atoms with E-state index < -0.39 is 0 Å². The van der Waals surface area contributed by atoms with Crippen molar-refractivity contribution in [2.75, 3.05) is 31.1 Å². The normalized spacial score (nSPS) is 23.4. The van der Waals surface area contributed by atoms with Gasteiger partial charge >= 0.3 is 0 Å². The molecule has 4 nitrogen and oxygen atoms in total. The second-order valence-corrected chi connectivity index (χ2v) is 5.21. The third-order valence-electron chi connectivity index (χ3n) is 3.86. The van der Waals surface area contributed by atoms with Gasteiger partial charge in [-0.1, -0.05) is 18.2 Å². The zero-order valence-corrected chi connectivity index (χ0v) is 10.5. The molecule has 1 aromatic rings. The minimum absolute atomic E-state index is 0.203. The van der Waals surface area contributed by atoms with E-state index in [0.29, 0.717) is 6.54 Å². The molecule has 4 heteroatoms. The van der Waals surface area contributed by atoms with Crippen LogP contribution < -0.4 is 10.6 Å². The highest BCUT2D eigenvalue weighted by molar-refractivity contribution is 5.96. The summed E-state index contributed by atoms with van der Waals surface area (Å²) >= 11 is 0. The summed E-state index contributed by atoms with van der Waals surface area (Å²) in [5.74, 6) is 0.203. The Bertz CT molecular complexity index is 460. The first-order valence-corrected chi connectivity index (χ1v) is 6.60. The molecule has 1 fully saturated rings. The van der Waals surface area contributed by atoms with Gasteiger partial charge < -0.3 is 10.6 Å². The fraction of sp³-hybridized carbons (Fsp3) is 0.500. The Morgan fingerprint density at radius 1 is 1.33 bits per heavy atom. The molecule has 0 aliphatic carbocycles. The number of carbonyl (C=O) groups excluding carboxylic acids is 1. The Balaban J connectivity index is 1.67. The molecule has 0 spiro atoms. The molecule has 2 heterocycles. The van der Waals surface area contributed by atoms with Crippen LogP contribution in [0.15, 0.2) is 24.3 Å². The van der Waals surface area contributed by atoms with Crippen molar-refractivity contribution in [3.05, 3.63) is 29.8 Å². The van der Waals surface area contributed by atoms with Crippen molar-refractivity contribution < 1.29 is 4.79 Å². The van der Waals surface area contributed by atoms with Crippen molar-refractivity contribution in [1.82, 2.24) is 4.90 Å². The SMILES string of the molecule is N[C@H]1CCN(CC(=O)N2CCc3ccccc32)C1. The molecule has 18 heavy (non-hydrogen) atoms. The number of rotatable bonds is 2. The van der Waals surface area contributed by atoms with Gasteiger partial charge in [-0.3, -0.25) is 9.69 Å². The maximum Gasteiger partial charge on any atom is 0.241 e. The number of nitrogens with two attached hydrogens (primary N) is 1. The number of fused-ring (bicyclic) bond motifs is 1. The van der Waals surface area contributed by atoms with E-state index in [4.69, 9.17) is 5.73 Å². The van der Waals surface area contributed by atoms with Crippen LogP contribution in [-0.4, -0.2) is 43.0 Å². The first kappa shape index (κ1) is 11.7. The zero-order valence-electron chi connectivity index (χ0n) is 10.5. The average Bonchev–Trinajstić information content (AvgIpc) is 2.95. The zero-order chi connectivity index (χ0) is 12.5. The molecule has 1 saturated heterocycles. The smallest absolute Gasteiger partial charge is 0.241 e. The fourth-order valence-electron chi connectivity index (χ4n) is 2.88. The number of carbonyl (C=O) groups is 1. The van der Waals surface area contributed by atoms with Gasteiger partial charge in [0.2, 0.25) is 5.91 Å². The molecule has 2 aliphatic rings. The van der Waals surface area contributed by atoms with Crippen LogP contribution in [0, 0.1) is 0 Å². The number of hydrogen-bond donors (Lipinski definition) is 1. The second kappa shape index (κ2) is 4.71. The summed E-state index contributed by atoms with van der Waals surface area (Å²) in [7, 11) is 0. The topological polar surface area (TPSA) is 49.6 Å². The van der Waals surface area contributed by atoms with Crippen LogP contribution in [0.3, 0.4) is 0 Å². The van der Waals surface area contributed by atoms with E-state index in [1.54, 1.807) is 0 Å². The highest BCUT2D eigenvalue weighted by atomic mass is 16.2. The van der Waals surface area contributed by atoms with Crippen molar-refractivity contribution >= 4 is 11.6 Å². The van der Waals surface area contributed by atoms with Crippen molar-refractivity contribution in [3.8, 4) is 0 Å². The number of benzene rings is 1. The molecular formula is C14H19N3O. The van der Waals surface area contributed by atoms with Gasteiger partial charge in [-0.25, -0.2) is 0 Å². The first-order valence-electron chi connectivity index (χ1n) is 6.60. The van der Waals surface area contributed by atoms with E-state index in [1.165, 1.54) is 5.56 Å². The Kier molecular flexibility index (Phi) is 3.06. The third-order valence-corrected chi connectivity index (χ3v) is 3.86.